The van der Waals surface area contributed by atoms with Gasteiger partial charge in [0.1, 0.15) is 5.75 Å². The molecule has 0 unspecified atom stereocenters. The minimum atomic E-state index is -0.464. The largest absolute Gasteiger partial charge is 0.481 e. The standard InChI is InChI=1S/C18H26N2O2/c1-4-20(14-16-10-12-19(3)13-11-16)18(21)15(2)22-17-8-6-5-7-9-17/h5-10,15H,4,11-14H2,1-3H3/t15-/m0/s1. The van der Waals surface area contributed by atoms with Gasteiger partial charge in [0.15, 0.2) is 6.10 Å². The molecule has 120 valence electrons. The lowest BCUT2D eigenvalue weighted by Gasteiger charge is -2.29. The fourth-order valence-electron chi connectivity index (χ4n) is 2.56. The molecule has 0 aromatic heterocycles. The zero-order chi connectivity index (χ0) is 15.9. The molecule has 1 aliphatic rings. The zero-order valence-corrected chi connectivity index (χ0v) is 13.8. The maximum absolute atomic E-state index is 12.6. The van der Waals surface area contributed by atoms with Crippen LogP contribution in [0.5, 0.6) is 5.75 Å². The maximum Gasteiger partial charge on any atom is 0.263 e. The third-order valence-corrected chi connectivity index (χ3v) is 4.00. The average Bonchev–Trinajstić information content (AvgIpc) is 2.54. The van der Waals surface area contributed by atoms with E-state index in [2.05, 4.69) is 18.0 Å². The molecule has 0 fully saturated rings. The van der Waals surface area contributed by atoms with Crippen molar-refractivity contribution in [1.82, 2.24) is 9.80 Å². The highest BCUT2D eigenvalue weighted by Gasteiger charge is 2.22. The first-order valence-corrected chi connectivity index (χ1v) is 7.97. The van der Waals surface area contributed by atoms with Crippen LogP contribution < -0.4 is 4.74 Å². The molecule has 1 heterocycles. The molecule has 0 saturated carbocycles. The Bertz CT molecular complexity index is 513. The van der Waals surface area contributed by atoms with Crippen molar-refractivity contribution in [1.29, 1.82) is 0 Å². The summed E-state index contributed by atoms with van der Waals surface area (Å²) < 4.78 is 5.75. The molecular formula is C18H26N2O2. The van der Waals surface area contributed by atoms with Crippen LogP contribution in [-0.2, 0) is 4.79 Å². The van der Waals surface area contributed by atoms with Gasteiger partial charge >= 0.3 is 0 Å². The van der Waals surface area contributed by atoms with Gasteiger partial charge in [-0.05, 0) is 39.4 Å². The van der Waals surface area contributed by atoms with E-state index in [1.165, 1.54) is 5.57 Å². The molecule has 0 radical (unpaired) electrons. The van der Waals surface area contributed by atoms with Gasteiger partial charge in [0.05, 0.1) is 0 Å². The lowest BCUT2D eigenvalue weighted by Crippen LogP contribution is -2.42. The average molecular weight is 302 g/mol. The summed E-state index contributed by atoms with van der Waals surface area (Å²) in [4.78, 5) is 16.7. The molecule has 2 rings (SSSR count). The maximum atomic E-state index is 12.6. The second-order valence-electron chi connectivity index (χ2n) is 5.80. The van der Waals surface area contributed by atoms with Crippen LogP contribution in [0.3, 0.4) is 0 Å². The highest BCUT2D eigenvalue weighted by molar-refractivity contribution is 5.81. The molecule has 4 heteroatoms. The van der Waals surface area contributed by atoms with Crippen molar-refractivity contribution in [2.45, 2.75) is 26.4 Å². The van der Waals surface area contributed by atoms with Crippen molar-refractivity contribution in [3.63, 3.8) is 0 Å². The molecule has 0 spiro atoms. The van der Waals surface area contributed by atoms with E-state index < -0.39 is 6.10 Å². The summed E-state index contributed by atoms with van der Waals surface area (Å²) >= 11 is 0. The SMILES string of the molecule is CCN(CC1=CCN(C)CC1)C(=O)[C@H](C)Oc1ccccc1. The number of nitrogens with zero attached hydrogens (tertiary/aromatic N) is 2. The van der Waals surface area contributed by atoms with Gasteiger partial charge in [0.2, 0.25) is 0 Å². The Balaban J connectivity index is 1.93. The molecule has 4 nitrogen and oxygen atoms in total. The first-order chi connectivity index (χ1) is 10.6. The van der Waals surface area contributed by atoms with Gasteiger partial charge in [-0.15, -0.1) is 0 Å². The Kier molecular flexibility index (Phi) is 6.01. The first-order valence-electron chi connectivity index (χ1n) is 7.97. The highest BCUT2D eigenvalue weighted by atomic mass is 16.5. The fourth-order valence-corrected chi connectivity index (χ4v) is 2.56. The molecule has 0 aliphatic carbocycles. The highest BCUT2D eigenvalue weighted by Crippen LogP contribution is 2.15. The number of carbonyl (C=O) groups excluding carboxylic acids is 1. The summed E-state index contributed by atoms with van der Waals surface area (Å²) in [6.45, 7) is 7.29. The fraction of sp³-hybridized carbons (Fsp3) is 0.500. The summed E-state index contributed by atoms with van der Waals surface area (Å²) in [7, 11) is 2.12. The van der Waals surface area contributed by atoms with E-state index in [1.807, 2.05) is 49.1 Å². The Labute approximate surface area is 133 Å². The van der Waals surface area contributed by atoms with Crippen LogP contribution in [0, 0.1) is 0 Å². The quantitative estimate of drug-likeness (QED) is 0.757. The van der Waals surface area contributed by atoms with E-state index in [1.54, 1.807) is 0 Å². The summed E-state index contributed by atoms with van der Waals surface area (Å²) in [5.41, 5.74) is 1.35. The van der Waals surface area contributed by atoms with E-state index in [0.29, 0.717) is 13.1 Å². The van der Waals surface area contributed by atoms with Crippen molar-refractivity contribution in [2.24, 2.45) is 0 Å². The monoisotopic (exact) mass is 302 g/mol. The van der Waals surface area contributed by atoms with E-state index in [0.717, 1.165) is 25.3 Å². The Morgan fingerprint density at radius 3 is 2.68 bits per heavy atom. The van der Waals surface area contributed by atoms with Crippen LogP contribution in [-0.4, -0.2) is 55.0 Å². The molecule has 22 heavy (non-hydrogen) atoms. The van der Waals surface area contributed by atoms with E-state index in [9.17, 15) is 4.79 Å². The minimum Gasteiger partial charge on any atom is -0.481 e. The van der Waals surface area contributed by atoms with Crippen LogP contribution in [0.2, 0.25) is 0 Å². The Morgan fingerprint density at radius 2 is 2.09 bits per heavy atom. The number of rotatable bonds is 6. The Morgan fingerprint density at radius 1 is 1.36 bits per heavy atom. The van der Waals surface area contributed by atoms with Crippen LogP contribution in [0.25, 0.3) is 0 Å². The first kappa shape index (κ1) is 16.6. The summed E-state index contributed by atoms with van der Waals surface area (Å²) in [6, 6.07) is 9.50. The van der Waals surface area contributed by atoms with Crippen LogP contribution >= 0.6 is 0 Å². The van der Waals surface area contributed by atoms with Crippen LogP contribution in [0.4, 0.5) is 0 Å². The number of carbonyl (C=O) groups is 1. The summed E-state index contributed by atoms with van der Waals surface area (Å²) in [5, 5.41) is 0. The minimum absolute atomic E-state index is 0.0474. The number of para-hydroxylation sites is 1. The van der Waals surface area contributed by atoms with Gasteiger partial charge in [-0.3, -0.25) is 4.79 Å². The van der Waals surface area contributed by atoms with Gasteiger partial charge in [0, 0.05) is 26.2 Å². The second-order valence-corrected chi connectivity index (χ2v) is 5.80. The Hall–Kier alpha value is -1.81. The van der Waals surface area contributed by atoms with Gasteiger partial charge in [-0.1, -0.05) is 29.8 Å². The predicted molar refractivity (Wildman–Crippen MR) is 89.0 cm³/mol. The number of likely N-dealkylation sites (N-methyl/N-ethyl adjacent to an activating group) is 2. The van der Waals surface area contributed by atoms with Gasteiger partial charge in [-0.2, -0.15) is 0 Å². The van der Waals surface area contributed by atoms with Gasteiger partial charge < -0.3 is 14.5 Å². The molecule has 1 aromatic rings. The summed E-state index contributed by atoms with van der Waals surface area (Å²) in [5.74, 6) is 0.782. The normalized spacial score (nSPS) is 16.8. The molecule has 0 bridgehead atoms. The number of ether oxygens (including phenoxy) is 1. The smallest absolute Gasteiger partial charge is 0.263 e. The van der Waals surface area contributed by atoms with Crippen molar-refractivity contribution >= 4 is 5.91 Å². The number of amides is 1. The molecule has 1 atom stereocenters. The lowest BCUT2D eigenvalue weighted by molar-refractivity contribution is -0.137. The van der Waals surface area contributed by atoms with Crippen LogP contribution in [0.1, 0.15) is 20.3 Å². The van der Waals surface area contributed by atoms with Crippen molar-refractivity contribution < 1.29 is 9.53 Å². The molecule has 0 N–H and O–H groups in total. The molecule has 1 aliphatic heterocycles. The van der Waals surface area contributed by atoms with Gasteiger partial charge in [-0.25, -0.2) is 0 Å². The second kappa shape index (κ2) is 7.99. The van der Waals surface area contributed by atoms with E-state index in [-0.39, 0.29) is 5.91 Å². The number of hydrogen-bond donors (Lipinski definition) is 0. The van der Waals surface area contributed by atoms with Crippen molar-refractivity contribution in [3.8, 4) is 5.75 Å². The van der Waals surface area contributed by atoms with E-state index >= 15 is 0 Å². The molecular weight excluding hydrogens is 276 g/mol. The molecule has 1 aromatic carbocycles. The zero-order valence-electron chi connectivity index (χ0n) is 13.8. The third-order valence-electron chi connectivity index (χ3n) is 4.00. The number of hydrogen-bond acceptors (Lipinski definition) is 3. The van der Waals surface area contributed by atoms with E-state index in [4.69, 9.17) is 4.74 Å². The van der Waals surface area contributed by atoms with Gasteiger partial charge in [0.25, 0.3) is 5.91 Å². The molecule has 1 amide bonds. The van der Waals surface area contributed by atoms with Crippen LogP contribution in [0.15, 0.2) is 42.0 Å². The lowest BCUT2D eigenvalue weighted by atomic mass is 10.1. The number of benzene rings is 1. The third kappa shape index (κ3) is 4.60. The summed E-state index contributed by atoms with van der Waals surface area (Å²) in [6.07, 6.45) is 2.81. The van der Waals surface area contributed by atoms with Crippen molar-refractivity contribution in [2.75, 3.05) is 33.2 Å². The van der Waals surface area contributed by atoms with Crippen molar-refractivity contribution in [3.05, 3.63) is 42.0 Å². The topological polar surface area (TPSA) is 32.8 Å². The predicted octanol–water partition coefficient (Wildman–Crippen LogP) is 2.56. The molecule has 0 saturated heterocycles.